The normalized spacial score (nSPS) is 26.2. The van der Waals surface area contributed by atoms with Crippen molar-refractivity contribution in [2.45, 2.75) is 18.0 Å². The lowest BCUT2D eigenvalue weighted by atomic mass is 10.2. The molecular weight excluding hydrogens is 194 g/mol. The Balaban J connectivity index is 2.65. The van der Waals surface area contributed by atoms with Crippen LogP contribution in [0.15, 0.2) is 12.7 Å². The number of ether oxygens (including phenoxy) is 1. The smallest absolute Gasteiger partial charge is 0.246 e. The second-order valence-corrected chi connectivity index (χ2v) is 4.67. The minimum atomic E-state index is 0.00722. The van der Waals surface area contributed by atoms with E-state index in [4.69, 9.17) is 4.74 Å². The van der Waals surface area contributed by atoms with Crippen LogP contribution in [0, 0.1) is 0 Å². The van der Waals surface area contributed by atoms with E-state index in [9.17, 15) is 4.79 Å². The Bertz CT molecular complexity index is 242. The molecule has 0 aromatic carbocycles. The maximum atomic E-state index is 11.5. The molecule has 0 bridgehead atoms. The quantitative estimate of drug-likeness (QED) is 0.495. The van der Waals surface area contributed by atoms with E-state index in [1.165, 1.54) is 6.08 Å². The molecule has 1 saturated heterocycles. The van der Waals surface area contributed by atoms with Crippen LogP contribution in [0.3, 0.4) is 0 Å². The summed E-state index contributed by atoms with van der Waals surface area (Å²) in [6.45, 7) is 4.92. The summed E-state index contributed by atoms with van der Waals surface area (Å²) >= 11 is 0. The first-order valence-corrected chi connectivity index (χ1v) is 5.96. The molecule has 1 unspecified atom stereocenters. The number of carbonyl (C=O) groups is 1. The van der Waals surface area contributed by atoms with Gasteiger partial charge in [0.05, 0.1) is 12.6 Å². The molecule has 4 heteroatoms. The van der Waals surface area contributed by atoms with E-state index in [2.05, 4.69) is 12.8 Å². The SMILES string of the molecule is C=CC(=O)N1CC([Si]=C)C[C@@H]1COC. The number of nitrogens with zero attached hydrogens (tertiary/aromatic N) is 1. The minimum Gasteiger partial charge on any atom is -0.383 e. The molecule has 14 heavy (non-hydrogen) atoms. The zero-order chi connectivity index (χ0) is 10.6. The molecule has 1 aliphatic rings. The van der Waals surface area contributed by atoms with Gasteiger partial charge >= 0.3 is 0 Å². The Morgan fingerprint density at radius 2 is 2.50 bits per heavy atom. The van der Waals surface area contributed by atoms with Gasteiger partial charge in [0.2, 0.25) is 5.91 Å². The average molecular weight is 210 g/mol. The maximum absolute atomic E-state index is 11.5. The van der Waals surface area contributed by atoms with Gasteiger partial charge < -0.3 is 9.64 Å². The molecule has 1 amide bonds. The Morgan fingerprint density at radius 3 is 3.00 bits per heavy atom. The van der Waals surface area contributed by atoms with E-state index in [1.807, 2.05) is 4.90 Å². The van der Waals surface area contributed by atoms with Crippen LogP contribution >= 0.6 is 0 Å². The number of methoxy groups -OCH3 is 1. The number of rotatable bonds is 4. The average Bonchev–Trinajstić information content (AvgIpc) is 2.61. The topological polar surface area (TPSA) is 29.5 Å². The van der Waals surface area contributed by atoms with Gasteiger partial charge in [0.25, 0.3) is 0 Å². The first-order chi connectivity index (χ1) is 6.72. The molecule has 0 N–H and O–H groups in total. The van der Waals surface area contributed by atoms with Gasteiger partial charge in [0, 0.05) is 22.8 Å². The number of hydrogen-bond donors (Lipinski definition) is 0. The molecule has 2 atom stereocenters. The van der Waals surface area contributed by atoms with E-state index in [-0.39, 0.29) is 11.9 Å². The molecule has 1 rings (SSSR count). The summed E-state index contributed by atoms with van der Waals surface area (Å²) in [7, 11) is 2.31. The fraction of sp³-hybridized carbons (Fsp3) is 0.600. The van der Waals surface area contributed by atoms with Crippen molar-refractivity contribution in [2.75, 3.05) is 20.3 Å². The van der Waals surface area contributed by atoms with E-state index < -0.39 is 0 Å². The molecule has 1 fully saturated rings. The van der Waals surface area contributed by atoms with E-state index in [1.54, 1.807) is 7.11 Å². The highest BCUT2D eigenvalue weighted by Gasteiger charge is 2.32. The summed E-state index contributed by atoms with van der Waals surface area (Å²) in [5, 5.41) is 0. The summed E-state index contributed by atoms with van der Waals surface area (Å²) in [5.41, 5.74) is 0.541. The Hall–Kier alpha value is -0.743. The van der Waals surface area contributed by atoms with Crippen LogP contribution in [0.2, 0.25) is 5.54 Å². The molecule has 0 aromatic rings. The lowest BCUT2D eigenvalue weighted by Gasteiger charge is -2.22. The predicted octanol–water partition coefficient (Wildman–Crippen LogP) is 0.344. The zero-order valence-corrected chi connectivity index (χ0v) is 9.53. The molecule has 1 radical (unpaired) electrons. The number of hydrogen-bond acceptors (Lipinski definition) is 2. The Kier molecular flexibility index (Phi) is 4.22. The zero-order valence-electron chi connectivity index (χ0n) is 8.53. The van der Waals surface area contributed by atoms with Crippen molar-refractivity contribution in [2.24, 2.45) is 0 Å². The lowest BCUT2D eigenvalue weighted by molar-refractivity contribution is -0.127. The Labute approximate surface area is 87.2 Å². The molecule has 0 aliphatic carbocycles. The fourth-order valence-electron chi connectivity index (χ4n) is 1.80. The minimum absolute atomic E-state index is 0.00722. The summed E-state index contributed by atoms with van der Waals surface area (Å²) in [6.07, 6.45) is 6.29. The highest BCUT2D eigenvalue weighted by atomic mass is 28.2. The second-order valence-electron chi connectivity index (χ2n) is 3.44. The third kappa shape index (κ3) is 2.39. The van der Waals surface area contributed by atoms with E-state index >= 15 is 0 Å². The van der Waals surface area contributed by atoms with Gasteiger partial charge in [-0.05, 0) is 18.0 Å². The van der Waals surface area contributed by atoms with Crippen LogP contribution in [-0.2, 0) is 9.53 Å². The second kappa shape index (κ2) is 5.22. The summed E-state index contributed by atoms with van der Waals surface area (Å²) < 4.78 is 5.10. The summed E-state index contributed by atoms with van der Waals surface area (Å²) in [4.78, 5) is 13.3. The molecule has 0 aromatic heterocycles. The molecular formula is C10H16NO2Si. The fourth-order valence-corrected chi connectivity index (χ4v) is 2.57. The predicted molar refractivity (Wildman–Crippen MR) is 58.8 cm³/mol. The highest BCUT2D eigenvalue weighted by Crippen LogP contribution is 2.26. The third-order valence-corrected chi connectivity index (χ3v) is 3.52. The van der Waals surface area contributed by atoms with Gasteiger partial charge in [-0.2, -0.15) is 0 Å². The van der Waals surface area contributed by atoms with Crippen LogP contribution in [-0.4, -0.2) is 52.4 Å². The lowest BCUT2D eigenvalue weighted by Crippen LogP contribution is -2.37. The first-order valence-electron chi connectivity index (χ1n) is 4.67. The van der Waals surface area contributed by atoms with Crippen molar-refractivity contribution in [3.63, 3.8) is 0 Å². The van der Waals surface area contributed by atoms with Crippen molar-refractivity contribution < 1.29 is 9.53 Å². The van der Waals surface area contributed by atoms with Crippen molar-refractivity contribution in [1.29, 1.82) is 0 Å². The van der Waals surface area contributed by atoms with Crippen molar-refractivity contribution in [3.8, 4) is 0 Å². The molecule has 0 spiro atoms. The van der Waals surface area contributed by atoms with Crippen molar-refractivity contribution >= 4 is 21.2 Å². The number of amides is 1. The number of likely N-dealkylation sites (tertiary alicyclic amines) is 1. The van der Waals surface area contributed by atoms with E-state index in [0.717, 1.165) is 13.0 Å². The van der Waals surface area contributed by atoms with E-state index in [0.29, 0.717) is 21.3 Å². The maximum Gasteiger partial charge on any atom is 0.246 e. The molecule has 1 aliphatic heterocycles. The Morgan fingerprint density at radius 1 is 1.79 bits per heavy atom. The van der Waals surface area contributed by atoms with Gasteiger partial charge in [0.1, 0.15) is 0 Å². The largest absolute Gasteiger partial charge is 0.383 e. The van der Waals surface area contributed by atoms with Gasteiger partial charge in [-0.3, -0.25) is 4.79 Å². The highest BCUT2D eigenvalue weighted by molar-refractivity contribution is 6.43. The molecule has 77 valence electrons. The first kappa shape index (κ1) is 11.3. The van der Waals surface area contributed by atoms with Gasteiger partial charge in [-0.25, -0.2) is 0 Å². The number of carbonyl (C=O) groups excluding carboxylic acids is 1. The van der Waals surface area contributed by atoms with Gasteiger partial charge in [-0.1, -0.05) is 6.58 Å². The molecule has 1 heterocycles. The molecule has 0 saturated carbocycles. The monoisotopic (exact) mass is 210 g/mol. The van der Waals surface area contributed by atoms with Crippen LogP contribution in [0.25, 0.3) is 0 Å². The van der Waals surface area contributed by atoms with Crippen LogP contribution in [0.5, 0.6) is 0 Å². The van der Waals surface area contributed by atoms with Crippen LogP contribution < -0.4 is 0 Å². The molecule has 3 nitrogen and oxygen atoms in total. The standard InChI is InChI=1S/C10H16NO2Si/c1-4-10(12)11-6-9(14-3)5-8(11)7-13-2/h4,8-9H,1,3,5-7H2,2H3/t8-,9?/m1/s1. The summed E-state index contributed by atoms with van der Waals surface area (Å²) in [5.74, 6) is 0.00722. The van der Waals surface area contributed by atoms with Crippen LogP contribution in [0.1, 0.15) is 6.42 Å². The van der Waals surface area contributed by atoms with Crippen molar-refractivity contribution in [3.05, 3.63) is 12.7 Å². The van der Waals surface area contributed by atoms with Gasteiger partial charge in [-0.15, -0.1) is 6.17 Å². The van der Waals surface area contributed by atoms with Crippen LogP contribution in [0.4, 0.5) is 0 Å². The summed E-state index contributed by atoms with van der Waals surface area (Å²) in [6, 6.07) is 0.213. The van der Waals surface area contributed by atoms with Gasteiger partial charge in [0.15, 0.2) is 0 Å². The van der Waals surface area contributed by atoms with Crippen molar-refractivity contribution in [1.82, 2.24) is 4.90 Å². The third-order valence-electron chi connectivity index (χ3n) is 2.52.